The van der Waals surface area contributed by atoms with E-state index in [4.69, 9.17) is 5.14 Å². The Bertz CT molecular complexity index is 518. The van der Waals surface area contributed by atoms with Crippen molar-refractivity contribution in [2.75, 3.05) is 18.0 Å². The van der Waals surface area contributed by atoms with Gasteiger partial charge in [-0.25, -0.2) is 13.6 Å². The number of aliphatic hydroxyl groups excluding tert-OH is 2. The first-order chi connectivity index (χ1) is 9.77. The maximum Gasteiger partial charge on any atom is 0.238 e. The van der Waals surface area contributed by atoms with Gasteiger partial charge in [0.05, 0.1) is 17.1 Å². The van der Waals surface area contributed by atoms with E-state index in [2.05, 4.69) is 0 Å². The van der Waals surface area contributed by atoms with Crippen molar-refractivity contribution in [1.82, 2.24) is 0 Å². The Morgan fingerprint density at radius 1 is 1.05 bits per heavy atom. The molecule has 0 amide bonds. The predicted molar refractivity (Wildman–Crippen MR) is 82.6 cm³/mol. The lowest BCUT2D eigenvalue weighted by atomic mass is 10.2. The Morgan fingerprint density at radius 3 is 1.81 bits per heavy atom. The van der Waals surface area contributed by atoms with Gasteiger partial charge in [0.2, 0.25) is 10.0 Å². The van der Waals surface area contributed by atoms with Gasteiger partial charge in [-0.2, -0.15) is 0 Å². The van der Waals surface area contributed by atoms with Crippen molar-refractivity contribution < 1.29 is 18.6 Å². The number of nitrogens with zero attached hydrogens (tertiary/aromatic N) is 1. The molecule has 120 valence electrons. The molecule has 21 heavy (non-hydrogen) atoms. The van der Waals surface area contributed by atoms with Gasteiger partial charge in [0.1, 0.15) is 0 Å². The zero-order valence-corrected chi connectivity index (χ0v) is 13.3. The SMILES string of the molecule is CCC(O)CN(CC(O)CC)c1ccc(S(N)(=O)=O)cc1. The molecule has 4 N–H and O–H groups in total. The number of anilines is 1. The summed E-state index contributed by atoms with van der Waals surface area (Å²) in [4.78, 5) is 1.88. The first-order valence-corrected chi connectivity index (χ1v) is 8.56. The second kappa shape index (κ2) is 7.74. The van der Waals surface area contributed by atoms with E-state index in [-0.39, 0.29) is 4.90 Å². The van der Waals surface area contributed by atoms with Gasteiger partial charge < -0.3 is 15.1 Å². The molecule has 7 heteroatoms. The van der Waals surface area contributed by atoms with E-state index in [9.17, 15) is 18.6 Å². The third kappa shape index (κ3) is 5.62. The quantitative estimate of drug-likeness (QED) is 0.654. The molecule has 6 nitrogen and oxygen atoms in total. The molecule has 0 saturated heterocycles. The van der Waals surface area contributed by atoms with Crippen LogP contribution in [0.15, 0.2) is 29.2 Å². The second-order valence-electron chi connectivity index (χ2n) is 5.07. The van der Waals surface area contributed by atoms with E-state index >= 15 is 0 Å². The Labute approximate surface area is 126 Å². The van der Waals surface area contributed by atoms with Gasteiger partial charge in [0.25, 0.3) is 0 Å². The Kier molecular flexibility index (Phi) is 6.60. The zero-order chi connectivity index (χ0) is 16.0. The van der Waals surface area contributed by atoms with Crippen molar-refractivity contribution >= 4 is 15.7 Å². The summed E-state index contributed by atoms with van der Waals surface area (Å²) < 4.78 is 22.5. The molecular formula is C14H24N2O4S. The van der Waals surface area contributed by atoms with Crippen molar-refractivity contribution in [2.45, 2.75) is 43.8 Å². The van der Waals surface area contributed by atoms with Crippen LogP contribution in [0.1, 0.15) is 26.7 Å². The largest absolute Gasteiger partial charge is 0.391 e. The fourth-order valence-corrected chi connectivity index (χ4v) is 2.41. The summed E-state index contributed by atoms with van der Waals surface area (Å²) in [5, 5.41) is 24.7. The van der Waals surface area contributed by atoms with E-state index in [1.165, 1.54) is 12.1 Å². The van der Waals surface area contributed by atoms with Crippen molar-refractivity contribution in [2.24, 2.45) is 5.14 Å². The molecule has 0 aliphatic carbocycles. The molecule has 0 aliphatic rings. The maximum absolute atomic E-state index is 11.2. The predicted octanol–water partition coefficient (Wildman–Crippen LogP) is 0.682. The molecule has 1 aromatic rings. The van der Waals surface area contributed by atoms with Crippen molar-refractivity contribution in [3.05, 3.63) is 24.3 Å². The highest BCUT2D eigenvalue weighted by Gasteiger charge is 2.16. The molecule has 1 aromatic carbocycles. The van der Waals surface area contributed by atoms with Crippen LogP contribution in [0.3, 0.4) is 0 Å². The highest BCUT2D eigenvalue weighted by Crippen LogP contribution is 2.19. The van der Waals surface area contributed by atoms with E-state index in [1.54, 1.807) is 12.1 Å². The van der Waals surface area contributed by atoms with Gasteiger partial charge in [-0.3, -0.25) is 0 Å². The van der Waals surface area contributed by atoms with Gasteiger partial charge in [-0.05, 0) is 37.1 Å². The Morgan fingerprint density at radius 2 is 1.48 bits per heavy atom. The topological polar surface area (TPSA) is 104 Å². The molecule has 0 bridgehead atoms. The van der Waals surface area contributed by atoms with Gasteiger partial charge in [0, 0.05) is 18.8 Å². The fourth-order valence-electron chi connectivity index (χ4n) is 1.90. The summed E-state index contributed by atoms with van der Waals surface area (Å²) in [6.07, 6.45) is 0.195. The number of hydrogen-bond acceptors (Lipinski definition) is 5. The summed E-state index contributed by atoms with van der Waals surface area (Å²) in [5.41, 5.74) is 0.738. The van der Waals surface area contributed by atoms with Crippen LogP contribution >= 0.6 is 0 Å². The first kappa shape index (κ1) is 17.9. The van der Waals surface area contributed by atoms with Crippen LogP contribution in [0.5, 0.6) is 0 Å². The lowest BCUT2D eigenvalue weighted by Crippen LogP contribution is -2.37. The van der Waals surface area contributed by atoms with E-state index in [0.29, 0.717) is 25.9 Å². The third-order valence-corrected chi connectivity index (χ3v) is 4.26. The minimum absolute atomic E-state index is 0.0401. The molecule has 0 aromatic heterocycles. The summed E-state index contributed by atoms with van der Waals surface area (Å²) in [6, 6.07) is 6.11. The highest BCUT2D eigenvalue weighted by atomic mass is 32.2. The molecule has 2 unspecified atom stereocenters. The van der Waals surface area contributed by atoms with Crippen LogP contribution in [0.25, 0.3) is 0 Å². The number of hydrogen-bond donors (Lipinski definition) is 3. The maximum atomic E-state index is 11.2. The van der Waals surface area contributed by atoms with E-state index in [0.717, 1.165) is 5.69 Å². The van der Waals surface area contributed by atoms with E-state index < -0.39 is 22.2 Å². The molecule has 0 spiro atoms. The van der Waals surface area contributed by atoms with Crippen LogP contribution in [-0.2, 0) is 10.0 Å². The minimum atomic E-state index is -3.72. The monoisotopic (exact) mass is 316 g/mol. The van der Waals surface area contributed by atoms with Gasteiger partial charge in [-0.15, -0.1) is 0 Å². The lowest BCUT2D eigenvalue weighted by Gasteiger charge is -2.29. The van der Waals surface area contributed by atoms with Crippen LogP contribution < -0.4 is 10.0 Å². The van der Waals surface area contributed by atoms with Gasteiger partial charge in [0.15, 0.2) is 0 Å². The highest BCUT2D eigenvalue weighted by molar-refractivity contribution is 7.89. The van der Waals surface area contributed by atoms with Crippen molar-refractivity contribution in [3.63, 3.8) is 0 Å². The summed E-state index contributed by atoms with van der Waals surface area (Å²) in [7, 11) is -3.72. The molecule has 0 aliphatic heterocycles. The summed E-state index contributed by atoms with van der Waals surface area (Å²) in [6.45, 7) is 4.51. The van der Waals surface area contributed by atoms with Crippen LogP contribution in [0.4, 0.5) is 5.69 Å². The number of rotatable bonds is 8. The normalized spacial score (nSPS) is 14.7. The number of nitrogens with two attached hydrogens (primary N) is 1. The zero-order valence-electron chi connectivity index (χ0n) is 12.4. The van der Waals surface area contributed by atoms with Gasteiger partial charge in [-0.1, -0.05) is 13.8 Å². The van der Waals surface area contributed by atoms with Gasteiger partial charge >= 0.3 is 0 Å². The standard InChI is InChI=1S/C14H24N2O4S/c1-3-12(17)9-16(10-13(18)4-2)11-5-7-14(8-6-11)21(15,19)20/h5-8,12-13,17-18H,3-4,9-10H2,1-2H3,(H2,15,19,20). The first-order valence-electron chi connectivity index (χ1n) is 7.01. The van der Waals surface area contributed by atoms with E-state index in [1.807, 2.05) is 18.7 Å². The molecular weight excluding hydrogens is 292 g/mol. The van der Waals surface area contributed by atoms with Crippen LogP contribution in [0, 0.1) is 0 Å². The lowest BCUT2D eigenvalue weighted by molar-refractivity contribution is 0.154. The molecule has 0 saturated carbocycles. The summed E-state index contributed by atoms with van der Waals surface area (Å²) in [5.74, 6) is 0. The molecule has 0 fully saturated rings. The third-order valence-electron chi connectivity index (χ3n) is 3.34. The van der Waals surface area contributed by atoms with Crippen molar-refractivity contribution in [3.8, 4) is 0 Å². The molecule has 0 heterocycles. The number of sulfonamides is 1. The average Bonchev–Trinajstić information content (AvgIpc) is 2.45. The Hall–Kier alpha value is -1.15. The number of primary sulfonamides is 1. The van der Waals surface area contributed by atoms with Crippen molar-refractivity contribution in [1.29, 1.82) is 0 Å². The molecule has 0 radical (unpaired) electrons. The average molecular weight is 316 g/mol. The number of aliphatic hydroxyl groups is 2. The minimum Gasteiger partial charge on any atom is -0.391 e. The second-order valence-corrected chi connectivity index (χ2v) is 6.63. The summed E-state index contributed by atoms with van der Waals surface area (Å²) >= 11 is 0. The van der Waals surface area contributed by atoms with Crippen LogP contribution in [-0.4, -0.2) is 43.9 Å². The smallest absolute Gasteiger partial charge is 0.238 e. The molecule has 2 atom stereocenters. The molecule has 1 rings (SSSR count). The fraction of sp³-hybridized carbons (Fsp3) is 0.571. The van der Waals surface area contributed by atoms with Crippen LogP contribution in [0.2, 0.25) is 0 Å². The number of benzene rings is 1. The Balaban J connectivity index is 2.96.